The molecule has 0 saturated heterocycles. The number of pyridine rings is 1. The number of hydrogen-bond acceptors (Lipinski definition) is 5. The first-order valence-corrected chi connectivity index (χ1v) is 4.82. The summed E-state index contributed by atoms with van der Waals surface area (Å²) < 4.78 is 12.6. The van der Waals surface area contributed by atoms with Gasteiger partial charge in [-0.15, -0.1) is 10.2 Å². The lowest BCUT2D eigenvalue weighted by Crippen LogP contribution is -2.27. The van der Waals surface area contributed by atoms with Crippen molar-refractivity contribution >= 4 is 5.91 Å². The topological polar surface area (TPSA) is 96.5 Å². The van der Waals surface area contributed by atoms with Crippen LogP contribution in [0.15, 0.2) is 18.3 Å². The molecule has 7 nitrogen and oxygen atoms in total. The van der Waals surface area contributed by atoms with Gasteiger partial charge in [0, 0.05) is 6.20 Å². The van der Waals surface area contributed by atoms with E-state index in [4.69, 9.17) is 0 Å². The second-order valence-electron chi connectivity index (χ2n) is 3.33. The van der Waals surface area contributed by atoms with E-state index >= 15 is 0 Å². The van der Waals surface area contributed by atoms with Crippen LogP contribution in [0.4, 0.5) is 4.39 Å². The van der Waals surface area contributed by atoms with Gasteiger partial charge in [-0.25, -0.2) is 4.98 Å². The molecule has 2 aromatic heterocycles. The van der Waals surface area contributed by atoms with Crippen LogP contribution in [-0.4, -0.2) is 31.5 Å². The number of rotatable bonds is 3. The van der Waals surface area contributed by atoms with Crippen molar-refractivity contribution in [2.75, 3.05) is 0 Å². The summed E-state index contributed by atoms with van der Waals surface area (Å²) in [7, 11) is 0. The Kier molecular flexibility index (Phi) is 3.03. The van der Waals surface area contributed by atoms with E-state index in [1.807, 2.05) is 0 Å². The van der Waals surface area contributed by atoms with Crippen LogP contribution >= 0.6 is 0 Å². The number of tetrazole rings is 1. The minimum atomic E-state index is -0.632. The summed E-state index contributed by atoms with van der Waals surface area (Å²) in [5, 5.41) is 15.8. The van der Waals surface area contributed by atoms with Crippen LogP contribution < -0.4 is 5.32 Å². The van der Waals surface area contributed by atoms with Crippen molar-refractivity contribution < 1.29 is 9.18 Å². The Labute approximate surface area is 95.5 Å². The molecule has 8 heteroatoms. The first kappa shape index (κ1) is 11.1. The van der Waals surface area contributed by atoms with Gasteiger partial charge in [0.1, 0.15) is 0 Å². The lowest BCUT2D eigenvalue weighted by molar-refractivity contribution is 0.0938. The molecule has 2 N–H and O–H groups in total. The summed E-state index contributed by atoms with van der Waals surface area (Å²) in [6.07, 6.45) is 1.16. The number of nitrogens with one attached hydrogen (secondary N) is 2. The summed E-state index contributed by atoms with van der Waals surface area (Å²) in [4.78, 5) is 15.1. The van der Waals surface area contributed by atoms with Gasteiger partial charge in [-0.3, -0.25) is 4.79 Å². The van der Waals surface area contributed by atoms with Crippen molar-refractivity contribution in [1.29, 1.82) is 0 Å². The number of carbonyl (C=O) groups excluding carboxylic acids is 1. The zero-order valence-corrected chi connectivity index (χ0v) is 8.88. The van der Waals surface area contributed by atoms with Crippen molar-refractivity contribution in [2.24, 2.45) is 0 Å². The molecule has 0 aliphatic carbocycles. The van der Waals surface area contributed by atoms with E-state index in [1.165, 1.54) is 6.07 Å². The zero-order chi connectivity index (χ0) is 12.3. The summed E-state index contributed by atoms with van der Waals surface area (Å²) in [6.45, 7) is 1.71. The summed E-state index contributed by atoms with van der Waals surface area (Å²) in [5.41, 5.74) is 0.266. The normalized spacial score (nSPS) is 12.1. The number of H-pyrrole nitrogens is 1. The molecule has 2 rings (SSSR count). The Hall–Kier alpha value is -2.38. The van der Waals surface area contributed by atoms with Crippen LogP contribution in [-0.2, 0) is 0 Å². The van der Waals surface area contributed by atoms with Crippen molar-refractivity contribution in [3.63, 3.8) is 0 Å². The standard InChI is InChI=1S/C9H9FN6O/c1-5(8-13-15-16-14-8)12-9(17)6-2-3-7(10)11-4-6/h2-5H,1H3,(H,12,17)(H,13,14,15,16). The Morgan fingerprint density at radius 1 is 1.53 bits per heavy atom. The average Bonchev–Trinajstić information content (AvgIpc) is 2.83. The fourth-order valence-corrected chi connectivity index (χ4v) is 1.21. The fraction of sp³-hybridized carbons (Fsp3) is 0.222. The highest BCUT2D eigenvalue weighted by molar-refractivity contribution is 5.93. The van der Waals surface area contributed by atoms with Gasteiger partial charge in [0.15, 0.2) is 5.82 Å². The molecule has 0 spiro atoms. The average molecular weight is 236 g/mol. The van der Waals surface area contributed by atoms with E-state index in [-0.39, 0.29) is 11.5 Å². The van der Waals surface area contributed by atoms with E-state index < -0.39 is 12.0 Å². The second-order valence-corrected chi connectivity index (χ2v) is 3.33. The molecule has 0 aliphatic rings. The third-order valence-corrected chi connectivity index (χ3v) is 2.09. The lowest BCUT2D eigenvalue weighted by atomic mass is 10.2. The third-order valence-electron chi connectivity index (χ3n) is 2.09. The van der Waals surface area contributed by atoms with E-state index in [0.29, 0.717) is 5.82 Å². The predicted molar refractivity (Wildman–Crippen MR) is 54.3 cm³/mol. The molecule has 88 valence electrons. The highest BCUT2D eigenvalue weighted by atomic mass is 19.1. The molecule has 1 unspecified atom stereocenters. The number of aromatic amines is 1. The zero-order valence-electron chi connectivity index (χ0n) is 8.88. The quantitative estimate of drug-likeness (QED) is 0.743. The minimum Gasteiger partial charge on any atom is -0.342 e. The largest absolute Gasteiger partial charge is 0.342 e. The number of carbonyl (C=O) groups is 1. The van der Waals surface area contributed by atoms with Crippen LogP contribution in [0, 0.1) is 5.95 Å². The summed E-state index contributed by atoms with van der Waals surface area (Å²) in [6, 6.07) is 2.07. The van der Waals surface area contributed by atoms with Crippen LogP contribution in [0.3, 0.4) is 0 Å². The summed E-state index contributed by atoms with van der Waals surface area (Å²) in [5.74, 6) is -0.643. The number of nitrogens with zero attached hydrogens (tertiary/aromatic N) is 4. The first-order chi connectivity index (χ1) is 8.16. The Morgan fingerprint density at radius 2 is 2.35 bits per heavy atom. The van der Waals surface area contributed by atoms with Crippen LogP contribution in [0.1, 0.15) is 29.1 Å². The van der Waals surface area contributed by atoms with E-state index in [2.05, 4.69) is 30.9 Å². The molecule has 1 amide bonds. The van der Waals surface area contributed by atoms with Gasteiger partial charge in [0.25, 0.3) is 5.91 Å². The maximum atomic E-state index is 12.6. The summed E-state index contributed by atoms with van der Waals surface area (Å²) >= 11 is 0. The highest BCUT2D eigenvalue weighted by Gasteiger charge is 2.14. The van der Waals surface area contributed by atoms with Gasteiger partial charge in [0.05, 0.1) is 11.6 Å². The molecule has 0 aromatic carbocycles. The molecule has 1 atom stereocenters. The van der Waals surface area contributed by atoms with Crippen molar-refractivity contribution in [1.82, 2.24) is 30.9 Å². The Balaban J connectivity index is 2.04. The molecule has 0 radical (unpaired) electrons. The molecule has 2 heterocycles. The fourth-order valence-electron chi connectivity index (χ4n) is 1.21. The smallest absolute Gasteiger partial charge is 0.253 e. The molecule has 2 aromatic rings. The van der Waals surface area contributed by atoms with Crippen molar-refractivity contribution in [3.05, 3.63) is 35.7 Å². The number of amides is 1. The van der Waals surface area contributed by atoms with Gasteiger partial charge in [0.2, 0.25) is 5.95 Å². The monoisotopic (exact) mass is 236 g/mol. The van der Waals surface area contributed by atoms with Crippen molar-refractivity contribution in [2.45, 2.75) is 13.0 Å². The number of halogens is 1. The first-order valence-electron chi connectivity index (χ1n) is 4.82. The van der Waals surface area contributed by atoms with Gasteiger partial charge in [-0.05, 0) is 19.1 Å². The molecular formula is C9H9FN6O. The molecule has 17 heavy (non-hydrogen) atoms. The molecule has 0 fully saturated rings. The van der Waals surface area contributed by atoms with Crippen LogP contribution in [0.2, 0.25) is 0 Å². The maximum absolute atomic E-state index is 12.6. The second kappa shape index (κ2) is 4.64. The predicted octanol–water partition coefficient (Wildman–Crippen LogP) is 0.225. The van der Waals surface area contributed by atoms with Gasteiger partial charge < -0.3 is 5.32 Å². The van der Waals surface area contributed by atoms with E-state index in [9.17, 15) is 9.18 Å². The van der Waals surface area contributed by atoms with Crippen LogP contribution in [0.5, 0.6) is 0 Å². The van der Waals surface area contributed by atoms with Crippen molar-refractivity contribution in [3.8, 4) is 0 Å². The number of hydrogen-bond donors (Lipinski definition) is 2. The van der Waals surface area contributed by atoms with Gasteiger partial charge in [-0.1, -0.05) is 5.21 Å². The molecule has 0 aliphatic heterocycles. The maximum Gasteiger partial charge on any atom is 0.253 e. The molecule has 0 bridgehead atoms. The lowest BCUT2D eigenvalue weighted by Gasteiger charge is -2.09. The number of aromatic nitrogens is 5. The van der Waals surface area contributed by atoms with E-state index in [0.717, 1.165) is 12.3 Å². The minimum absolute atomic E-state index is 0.266. The third kappa shape index (κ3) is 2.60. The Bertz CT molecular complexity index is 497. The van der Waals surface area contributed by atoms with Gasteiger partial charge in [-0.2, -0.15) is 9.60 Å². The molecule has 0 saturated carbocycles. The van der Waals surface area contributed by atoms with Crippen LogP contribution in [0.25, 0.3) is 0 Å². The SMILES string of the molecule is CC(NC(=O)c1ccc(F)nc1)c1nn[nH]n1. The van der Waals surface area contributed by atoms with E-state index in [1.54, 1.807) is 6.92 Å². The molecular weight excluding hydrogens is 227 g/mol. The Morgan fingerprint density at radius 3 is 2.94 bits per heavy atom. The van der Waals surface area contributed by atoms with Gasteiger partial charge >= 0.3 is 0 Å². The highest BCUT2D eigenvalue weighted by Crippen LogP contribution is 2.06.